The lowest BCUT2D eigenvalue weighted by molar-refractivity contribution is -0.126. The van der Waals surface area contributed by atoms with Gasteiger partial charge in [-0.1, -0.05) is 50.1 Å². The molecule has 0 spiro atoms. The molecule has 1 aliphatic carbocycles. The van der Waals surface area contributed by atoms with E-state index in [1.807, 2.05) is 58.3 Å². The maximum absolute atomic E-state index is 13.4. The molecule has 2 aromatic rings. The monoisotopic (exact) mass is 430 g/mol. The first-order valence-corrected chi connectivity index (χ1v) is 11.9. The van der Waals surface area contributed by atoms with Gasteiger partial charge in [0.1, 0.15) is 5.75 Å². The van der Waals surface area contributed by atoms with Gasteiger partial charge in [0, 0.05) is 30.6 Å². The molecule has 5 heteroatoms. The van der Waals surface area contributed by atoms with Gasteiger partial charge in [-0.15, -0.1) is 0 Å². The van der Waals surface area contributed by atoms with Gasteiger partial charge in [0.05, 0.1) is 11.4 Å². The van der Waals surface area contributed by atoms with Crippen molar-refractivity contribution in [1.82, 2.24) is 4.90 Å². The minimum absolute atomic E-state index is 0.00168. The molecule has 2 aliphatic heterocycles. The summed E-state index contributed by atoms with van der Waals surface area (Å²) in [6, 6.07) is 15.6. The highest BCUT2D eigenvalue weighted by atomic mass is 16.5. The zero-order chi connectivity index (χ0) is 22.1. The van der Waals surface area contributed by atoms with Gasteiger partial charge in [0.2, 0.25) is 0 Å². The second kappa shape index (κ2) is 8.81. The average molecular weight is 431 g/mol. The molecule has 2 heterocycles. The summed E-state index contributed by atoms with van der Waals surface area (Å²) in [4.78, 5) is 30.3. The van der Waals surface area contributed by atoms with Crippen LogP contribution in [-0.4, -0.2) is 35.9 Å². The Labute approximate surface area is 189 Å². The molecule has 2 aromatic carbocycles. The number of amides is 2. The molecule has 0 bridgehead atoms. The topological polar surface area (TPSA) is 49.9 Å². The van der Waals surface area contributed by atoms with Gasteiger partial charge < -0.3 is 14.5 Å². The Kier molecular flexibility index (Phi) is 5.73. The second-order valence-corrected chi connectivity index (χ2v) is 8.87. The molecule has 166 valence electrons. The third-order valence-electron chi connectivity index (χ3n) is 6.79. The van der Waals surface area contributed by atoms with Gasteiger partial charge >= 0.3 is 0 Å². The zero-order valence-electron chi connectivity index (χ0n) is 18.7. The number of ether oxygens (including phenoxy) is 1. The largest absolute Gasteiger partial charge is 0.478 e. The molecule has 0 aromatic heterocycles. The lowest BCUT2D eigenvalue weighted by atomic mass is 9.88. The summed E-state index contributed by atoms with van der Waals surface area (Å²) >= 11 is 0. The molecular formula is C27H30N2O3. The van der Waals surface area contributed by atoms with E-state index in [2.05, 4.69) is 6.92 Å². The van der Waals surface area contributed by atoms with E-state index in [0.717, 1.165) is 60.4 Å². The van der Waals surface area contributed by atoms with Crippen molar-refractivity contribution in [1.29, 1.82) is 0 Å². The van der Waals surface area contributed by atoms with Crippen LogP contribution in [0.3, 0.4) is 0 Å². The number of benzene rings is 2. The number of anilines is 1. The fourth-order valence-electron chi connectivity index (χ4n) is 4.91. The minimum Gasteiger partial charge on any atom is -0.478 e. The summed E-state index contributed by atoms with van der Waals surface area (Å²) in [6.45, 7) is 3.35. The third kappa shape index (κ3) is 3.60. The van der Waals surface area contributed by atoms with E-state index >= 15 is 0 Å². The highest BCUT2D eigenvalue weighted by molar-refractivity contribution is 6.09. The second-order valence-electron chi connectivity index (χ2n) is 8.87. The van der Waals surface area contributed by atoms with Crippen molar-refractivity contribution < 1.29 is 14.3 Å². The van der Waals surface area contributed by atoms with Crippen LogP contribution in [0.5, 0.6) is 5.75 Å². The predicted octanol–water partition coefficient (Wildman–Crippen LogP) is 5.41. The van der Waals surface area contributed by atoms with Crippen LogP contribution in [0.15, 0.2) is 54.1 Å². The quantitative estimate of drug-likeness (QED) is 0.552. The van der Waals surface area contributed by atoms with Gasteiger partial charge in [-0.25, -0.2) is 0 Å². The number of carbonyl (C=O) groups is 2. The normalized spacial score (nSPS) is 19.6. The standard InChI is InChI=1S/C27H30N2O3/c1-2-3-8-17-28-22-14-6-7-15-23(22)32-24(27(28)31)16-18-29-25(19-10-9-11-19)20-12-4-5-13-21(20)26(29)30/h4-7,12-15,24H,2-3,8-11,16-18H2,1H3. The number of allylic oxidation sites excluding steroid dienone is 1. The number of hydrogen-bond acceptors (Lipinski definition) is 3. The third-order valence-corrected chi connectivity index (χ3v) is 6.79. The molecule has 3 aliphatic rings. The van der Waals surface area contributed by atoms with Gasteiger partial charge in [-0.05, 0) is 49.5 Å². The molecule has 0 radical (unpaired) electrons. The van der Waals surface area contributed by atoms with Gasteiger partial charge in [0.25, 0.3) is 11.8 Å². The Morgan fingerprint density at radius 2 is 1.66 bits per heavy atom. The number of carbonyl (C=O) groups excluding carboxylic acids is 2. The Bertz CT molecular complexity index is 1070. The highest BCUT2D eigenvalue weighted by Crippen LogP contribution is 2.42. The number of hydrogen-bond donors (Lipinski definition) is 0. The molecule has 5 rings (SSSR count). The summed E-state index contributed by atoms with van der Waals surface area (Å²) in [5.74, 6) is 0.794. The zero-order valence-corrected chi connectivity index (χ0v) is 18.7. The van der Waals surface area contributed by atoms with Crippen molar-refractivity contribution in [2.75, 3.05) is 18.0 Å². The smallest absolute Gasteiger partial charge is 0.268 e. The first-order chi connectivity index (χ1) is 15.7. The average Bonchev–Trinajstić information content (AvgIpc) is 3.05. The highest BCUT2D eigenvalue weighted by Gasteiger charge is 2.38. The molecule has 1 unspecified atom stereocenters. The van der Waals surface area contributed by atoms with Crippen molar-refractivity contribution >= 4 is 23.2 Å². The maximum atomic E-state index is 13.4. The number of para-hydroxylation sites is 2. The van der Waals surface area contributed by atoms with Crippen LogP contribution in [0.1, 0.15) is 67.8 Å². The van der Waals surface area contributed by atoms with Crippen LogP contribution in [0.4, 0.5) is 5.69 Å². The number of rotatable bonds is 7. The molecule has 2 amide bonds. The summed E-state index contributed by atoms with van der Waals surface area (Å²) in [5.41, 5.74) is 5.08. The fourth-order valence-corrected chi connectivity index (χ4v) is 4.91. The Hall–Kier alpha value is -3.08. The van der Waals surface area contributed by atoms with E-state index in [1.54, 1.807) is 0 Å². The van der Waals surface area contributed by atoms with Crippen molar-refractivity contribution in [3.63, 3.8) is 0 Å². The molecule has 1 atom stereocenters. The maximum Gasteiger partial charge on any atom is 0.268 e. The molecule has 32 heavy (non-hydrogen) atoms. The van der Waals surface area contributed by atoms with Gasteiger partial charge in [-0.2, -0.15) is 0 Å². The predicted molar refractivity (Wildman–Crippen MR) is 126 cm³/mol. The van der Waals surface area contributed by atoms with Crippen LogP contribution in [0, 0.1) is 0 Å². The van der Waals surface area contributed by atoms with Crippen LogP contribution < -0.4 is 9.64 Å². The van der Waals surface area contributed by atoms with E-state index in [9.17, 15) is 9.59 Å². The van der Waals surface area contributed by atoms with Crippen molar-refractivity contribution in [2.24, 2.45) is 0 Å². The first-order valence-electron chi connectivity index (χ1n) is 11.9. The van der Waals surface area contributed by atoms with E-state index < -0.39 is 6.10 Å². The summed E-state index contributed by atoms with van der Waals surface area (Å²) in [7, 11) is 0. The molecule has 0 saturated heterocycles. The van der Waals surface area contributed by atoms with Crippen molar-refractivity contribution in [3.8, 4) is 5.75 Å². The Balaban J connectivity index is 1.36. The lowest BCUT2D eigenvalue weighted by Crippen LogP contribution is -2.47. The van der Waals surface area contributed by atoms with Crippen LogP contribution >= 0.6 is 0 Å². The van der Waals surface area contributed by atoms with Gasteiger partial charge in [-0.3, -0.25) is 9.59 Å². The SMILES string of the molecule is CCCCCN1C(=O)C(CCN2C(=O)c3ccccc3C2=C2CCC2)Oc2ccccc21. The molecule has 5 nitrogen and oxygen atoms in total. The fraction of sp³-hybridized carbons (Fsp3) is 0.407. The summed E-state index contributed by atoms with van der Waals surface area (Å²) < 4.78 is 6.14. The Morgan fingerprint density at radius 1 is 0.906 bits per heavy atom. The molecule has 1 fully saturated rings. The molecular weight excluding hydrogens is 400 g/mol. The van der Waals surface area contributed by atoms with Gasteiger partial charge in [0.15, 0.2) is 6.10 Å². The minimum atomic E-state index is -0.573. The van der Waals surface area contributed by atoms with Crippen LogP contribution in [-0.2, 0) is 4.79 Å². The van der Waals surface area contributed by atoms with E-state index in [1.165, 1.54) is 12.0 Å². The number of unbranched alkanes of at least 4 members (excludes halogenated alkanes) is 2. The van der Waals surface area contributed by atoms with E-state index in [4.69, 9.17) is 4.74 Å². The van der Waals surface area contributed by atoms with Crippen molar-refractivity contribution in [3.05, 3.63) is 65.2 Å². The lowest BCUT2D eigenvalue weighted by Gasteiger charge is -2.35. The van der Waals surface area contributed by atoms with Crippen molar-refractivity contribution in [2.45, 2.75) is 58.0 Å². The summed E-state index contributed by atoms with van der Waals surface area (Å²) in [5, 5.41) is 0. The first kappa shape index (κ1) is 20.8. The molecule has 1 saturated carbocycles. The molecule has 0 N–H and O–H groups in total. The van der Waals surface area contributed by atoms with E-state index in [0.29, 0.717) is 19.5 Å². The van der Waals surface area contributed by atoms with E-state index in [-0.39, 0.29) is 11.8 Å². The van der Waals surface area contributed by atoms with Crippen LogP contribution in [0.2, 0.25) is 0 Å². The number of fused-ring (bicyclic) bond motifs is 2. The summed E-state index contributed by atoms with van der Waals surface area (Å²) in [6.07, 6.45) is 6.35. The Morgan fingerprint density at radius 3 is 2.41 bits per heavy atom. The number of nitrogens with zero attached hydrogens (tertiary/aromatic N) is 2. The van der Waals surface area contributed by atoms with Crippen LogP contribution in [0.25, 0.3) is 5.70 Å².